The number of aromatic nitrogens is 1. The number of hydrogen-bond acceptors (Lipinski definition) is 3. The van der Waals surface area contributed by atoms with Gasteiger partial charge >= 0.3 is 0 Å². The number of aliphatic hydroxyl groups is 1. The molecule has 1 amide bonds. The normalized spacial score (nSPS) is 27.4. The number of likely N-dealkylation sites (tertiary alicyclic amines) is 1. The fourth-order valence-electron chi connectivity index (χ4n) is 6.82. The smallest absolute Gasteiger partial charge is 0.224 e. The molecule has 4 atom stereocenters. The van der Waals surface area contributed by atoms with Crippen LogP contribution < -0.4 is 5.32 Å². The average molecular weight is 424 g/mol. The van der Waals surface area contributed by atoms with Gasteiger partial charge in [-0.05, 0) is 62.3 Å². The van der Waals surface area contributed by atoms with Crippen molar-refractivity contribution in [2.24, 2.45) is 13.0 Å². The van der Waals surface area contributed by atoms with Crippen LogP contribution in [-0.2, 0) is 18.3 Å². The standard InChI is InChI=1S/C26H37N3O2/c1-4-18(15-30)27-26(31)17-12-20-19-10-7-11-22-24(19)21(13-23(20)28(2)14-17)25(29(22)3)16-8-5-6-9-16/h7,10-11,16-18,20,23,30H,4-6,8-9,12-15H2,1-3H3,(H,27,31)/t17?,18?,20?,23-/m1/s1. The van der Waals surface area contributed by atoms with Crippen molar-refractivity contribution in [2.45, 2.75) is 75.8 Å². The van der Waals surface area contributed by atoms with E-state index in [9.17, 15) is 9.90 Å². The van der Waals surface area contributed by atoms with Crippen LogP contribution in [0.3, 0.4) is 0 Å². The van der Waals surface area contributed by atoms with Crippen LogP contribution in [0.4, 0.5) is 0 Å². The maximum Gasteiger partial charge on any atom is 0.224 e. The summed E-state index contributed by atoms with van der Waals surface area (Å²) in [5, 5.41) is 14.1. The van der Waals surface area contributed by atoms with E-state index in [-0.39, 0.29) is 24.5 Å². The minimum Gasteiger partial charge on any atom is -0.394 e. The van der Waals surface area contributed by atoms with Crippen molar-refractivity contribution >= 4 is 16.8 Å². The van der Waals surface area contributed by atoms with E-state index in [1.807, 2.05) is 6.92 Å². The molecule has 3 aliphatic rings. The number of fused-ring (bicyclic) bond motifs is 2. The highest BCUT2D eigenvalue weighted by atomic mass is 16.3. The van der Waals surface area contributed by atoms with Crippen LogP contribution in [0.15, 0.2) is 18.2 Å². The van der Waals surface area contributed by atoms with Gasteiger partial charge in [-0.15, -0.1) is 0 Å². The molecule has 2 N–H and O–H groups in total. The number of aryl methyl sites for hydroxylation is 1. The quantitative estimate of drug-likeness (QED) is 0.771. The second-order valence-electron chi connectivity index (χ2n) is 10.2. The maximum atomic E-state index is 13.0. The number of rotatable bonds is 5. The fourth-order valence-corrected chi connectivity index (χ4v) is 6.82. The van der Waals surface area contributed by atoms with Crippen molar-refractivity contribution in [2.75, 3.05) is 20.2 Å². The average Bonchev–Trinajstić information content (AvgIpc) is 3.40. The fraction of sp³-hybridized carbons (Fsp3) is 0.654. The summed E-state index contributed by atoms with van der Waals surface area (Å²) < 4.78 is 2.48. The highest BCUT2D eigenvalue weighted by Crippen LogP contribution is 2.49. The Morgan fingerprint density at radius 1 is 1.26 bits per heavy atom. The molecule has 0 bridgehead atoms. The molecule has 1 saturated heterocycles. The summed E-state index contributed by atoms with van der Waals surface area (Å²) in [6, 6.07) is 7.14. The third kappa shape index (κ3) is 3.41. The Hall–Kier alpha value is -1.85. The summed E-state index contributed by atoms with van der Waals surface area (Å²) in [5.74, 6) is 1.16. The Balaban J connectivity index is 1.51. The Morgan fingerprint density at radius 2 is 2.03 bits per heavy atom. The van der Waals surface area contributed by atoms with Gasteiger partial charge in [0.15, 0.2) is 0 Å². The number of hydrogen-bond donors (Lipinski definition) is 2. The molecule has 168 valence electrons. The van der Waals surface area contributed by atoms with Gasteiger partial charge in [-0.2, -0.15) is 0 Å². The number of nitrogens with zero attached hydrogens (tertiary/aromatic N) is 2. The predicted octanol–water partition coefficient (Wildman–Crippen LogP) is 3.68. The van der Waals surface area contributed by atoms with Crippen LogP contribution in [0, 0.1) is 5.92 Å². The van der Waals surface area contributed by atoms with Crippen LogP contribution in [0.25, 0.3) is 10.9 Å². The number of piperidine rings is 1. The topological polar surface area (TPSA) is 57.5 Å². The summed E-state index contributed by atoms with van der Waals surface area (Å²) in [6.07, 6.45) is 8.11. The van der Waals surface area contributed by atoms with Crippen LogP contribution in [0.5, 0.6) is 0 Å². The van der Waals surface area contributed by atoms with Crippen LogP contribution in [0.1, 0.15) is 74.1 Å². The third-order valence-electron chi connectivity index (χ3n) is 8.47. The highest BCUT2D eigenvalue weighted by molar-refractivity contribution is 5.91. The van der Waals surface area contributed by atoms with E-state index in [2.05, 4.69) is 47.1 Å². The second-order valence-corrected chi connectivity index (χ2v) is 10.2. The zero-order chi connectivity index (χ0) is 21.7. The van der Waals surface area contributed by atoms with E-state index in [0.29, 0.717) is 17.9 Å². The molecule has 0 radical (unpaired) electrons. The van der Waals surface area contributed by atoms with Gasteiger partial charge in [-0.1, -0.05) is 31.9 Å². The van der Waals surface area contributed by atoms with E-state index in [0.717, 1.165) is 25.8 Å². The summed E-state index contributed by atoms with van der Waals surface area (Å²) >= 11 is 0. The molecule has 2 aromatic rings. The summed E-state index contributed by atoms with van der Waals surface area (Å²) in [5.41, 5.74) is 5.98. The molecular weight excluding hydrogens is 386 g/mol. The minimum absolute atomic E-state index is 0.00742. The molecule has 1 aromatic heterocycles. The molecule has 3 unspecified atom stereocenters. The van der Waals surface area contributed by atoms with Gasteiger partial charge in [-0.25, -0.2) is 0 Å². The lowest BCUT2D eigenvalue weighted by Gasteiger charge is -2.45. The van der Waals surface area contributed by atoms with Crippen molar-refractivity contribution < 1.29 is 9.90 Å². The first kappa shape index (κ1) is 21.0. The first-order valence-corrected chi connectivity index (χ1v) is 12.2. The van der Waals surface area contributed by atoms with E-state index in [1.165, 1.54) is 42.1 Å². The molecule has 0 spiro atoms. The lowest BCUT2D eigenvalue weighted by atomic mass is 9.71. The lowest BCUT2D eigenvalue weighted by Crippen LogP contribution is -2.52. The number of carbonyl (C=O) groups is 1. The van der Waals surface area contributed by atoms with Gasteiger partial charge in [0.25, 0.3) is 0 Å². The number of carbonyl (C=O) groups excluding carboxylic acids is 1. The number of benzene rings is 1. The molecule has 2 heterocycles. The SMILES string of the molecule is CCC(CO)NC(=O)C1CC2c3cccc4c3c(c(C3CCCC3)n4C)C[C@H]2N(C)C1. The Morgan fingerprint density at radius 3 is 2.74 bits per heavy atom. The molecule has 31 heavy (non-hydrogen) atoms. The van der Waals surface area contributed by atoms with E-state index < -0.39 is 0 Å². The monoisotopic (exact) mass is 423 g/mol. The number of aliphatic hydroxyl groups excluding tert-OH is 1. The summed E-state index contributed by atoms with van der Waals surface area (Å²) in [7, 11) is 4.46. The van der Waals surface area contributed by atoms with Crippen LogP contribution >= 0.6 is 0 Å². The maximum absolute atomic E-state index is 13.0. The molecule has 5 rings (SSSR count). The van der Waals surface area contributed by atoms with Gasteiger partial charge < -0.3 is 19.9 Å². The number of likely N-dealkylation sites (N-methyl/N-ethyl adjacent to an activating group) is 1. The van der Waals surface area contributed by atoms with E-state index in [1.54, 1.807) is 11.3 Å². The first-order valence-electron chi connectivity index (χ1n) is 12.2. The van der Waals surface area contributed by atoms with Crippen molar-refractivity contribution in [3.05, 3.63) is 35.0 Å². The van der Waals surface area contributed by atoms with Crippen LogP contribution in [-0.4, -0.2) is 52.8 Å². The summed E-state index contributed by atoms with van der Waals surface area (Å²) in [6.45, 7) is 2.81. The Kier molecular flexibility index (Phi) is 5.59. The molecule has 5 heteroatoms. The van der Waals surface area contributed by atoms with Gasteiger partial charge in [0.1, 0.15) is 0 Å². The zero-order valence-corrected chi connectivity index (χ0v) is 19.2. The molecule has 2 fully saturated rings. The lowest BCUT2D eigenvalue weighted by molar-refractivity contribution is -0.128. The van der Waals surface area contributed by atoms with Gasteiger partial charge in [0, 0.05) is 42.1 Å². The number of amides is 1. The van der Waals surface area contributed by atoms with Crippen molar-refractivity contribution in [3.63, 3.8) is 0 Å². The molecule has 5 nitrogen and oxygen atoms in total. The van der Waals surface area contributed by atoms with Gasteiger partial charge in [0.05, 0.1) is 18.6 Å². The molecule has 2 aliphatic carbocycles. The van der Waals surface area contributed by atoms with Crippen molar-refractivity contribution in [1.82, 2.24) is 14.8 Å². The van der Waals surface area contributed by atoms with Crippen molar-refractivity contribution in [1.29, 1.82) is 0 Å². The van der Waals surface area contributed by atoms with Gasteiger partial charge in [0.2, 0.25) is 5.91 Å². The van der Waals surface area contributed by atoms with E-state index >= 15 is 0 Å². The largest absolute Gasteiger partial charge is 0.394 e. The highest BCUT2D eigenvalue weighted by Gasteiger charge is 2.43. The molecule has 1 aromatic carbocycles. The zero-order valence-electron chi connectivity index (χ0n) is 19.2. The Bertz CT molecular complexity index is 971. The second kappa shape index (κ2) is 8.25. The van der Waals surface area contributed by atoms with Gasteiger partial charge in [-0.3, -0.25) is 4.79 Å². The van der Waals surface area contributed by atoms with E-state index in [4.69, 9.17) is 0 Å². The molecular formula is C26H37N3O2. The number of nitrogens with one attached hydrogen (secondary N) is 1. The first-order chi connectivity index (χ1) is 15.0. The minimum atomic E-state index is -0.139. The summed E-state index contributed by atoms with van der Waals surface area (Å²) in [4.78, 5) is 15.4. The molecule has 1 aliphatic heterocycles. The third-order valence-corrected chi connectivity index (χ3v) is 8.47. The molecule has 1 saturated carbocycles. The van der Waals surface area contributed by atoms with Crippen LogP contribution in [0.2, 0.25) is 0 Å². The predicted molar refractivity (Wildman–Crippen MR) is 124 cm³/mol. The van der Waals surface area contributed by atoms with Crippen molar-refractivity contribution in [3.8, 4) is 0 Å². The Labute approximate surface area is 185 Å².